The van der Waals surface area contributed by atoms with Crippen molar-refractivity contribution in [1.82, 2.24) is 14.7 Å². The molecule has 0 spiro atoms. The Morgan fingerprint density at radius 2 is 1.67 bits per heavy atom. The van der Waals surface area contributed by atoms with E-state index in [1.54, 1.807) is 0 Å². The van der Waals surface area contributed by atoms with Gasteiger partial charge in [-0.3, -0.25) is 14.5 Å². The van der Waals surface area contributed by atoms with E-state index in [1.165, 1.54) is 5.56 Å². The standard InChI is InChI=1S/C32H48ClN3O3/c1-31(2,3)35-20-26(22-8-10-23(33)11-9-22)27(21-35)29(37)34-17-14-25(19-34)36(30(38)28-7-6-18-39-28)24-12-15-32(4,5)16-13-24/h8-11,24-28H,6-7,12-21H2,1-5H3/t25-,26-,27+,28-/m0/s1. The zero-order valence-corrected chi connectivity index (χ0v) is 25.4. The zero-order chi connectivity index (χ0) is 27.9. The van der Waals surface area contributed by atoms with Crippen molar-refractivity contribution in [3.05, 3.63) is 34.9 Å². The zero-order valence-electron chi connectivity index (χ0n) is 24.6. The predicted octanol–water partition coefficient (Wildman–Crippen LogP) is 5.73. The van der Waals surface area contributed by atoms with E-state index >= 15 is 0 Å². The van der Waals surface area contributed by atoms with Crippen LogP contribution in [0.25, 0.3) is 0 Å². The van der Waals surface area contributed by atoms with Crippen molar-refractivity contribution in [1.29, 1.82) is 0 Å². The fourth-order valence-electron chi connectivity index (χ4n) is 7.31. The summed E-state index contributed by atoms with van der Waals surface area (Å²) in [4.78, 5) is 34.7. The van der Waals surface area contributed by atoms with Gasteiger partial charge in [0.1, 0.15) is 6.10 Å². The molecule has 4 fully saturated rings. The van der Waals surface area contributed by atoms with Crippen molar-refractivity contribution < 1.29 is 14.3 Å². The van der Waals surface area contributed by atoms with Crippen LogP contribution in [0.1, 0.15) is 91.0 Å². The first-order valence-electron chi connectivity index (χ1n) is 15.2. The van der Waals surface area contributed by atoms with Crippen molar-refractivity contribution in [3.8, 4) is 0 Å². The summed E-state index contributed by atoms with van der Waals surface area (Å²) in [5.41, 5.74) is 1.51. The van der Waals surface area contributed by atoms with Crippen molar-refractivity contribution in [2.75, 3.05) is 32.8 Å². The van der Waals surface area contributed by atoms with Gasteiger partial charge in [-0.25, -0.2) is 0 Å². The minimum Gasteiger partial charge on any atom is -0.368 e. The maximum atomic E-state index is 14.2. The summed E-state index contributed by atoms with van der Waals surface area (Å²) in [6, 6.07) is 8.36. The lowest BCUT2D eigenvalue weighted by molar-refractivity contribution is -0.148. The first-order valence-corrected chi connectivity index (χ1v) is 15.5. The normalized spacial score (nSPS) is 30.2. The number of carbonyl (C=O) groups excluding carboxylic acids is 2. The van der Waals surface area contributed by atoms with Gasteiger partial charge in [-0.15, -0.1) is 0 Å². The second kappa shape index (κ2) is 11.3. The number of ether oxygens (including phenoxy) is 1. The molecule has 1 aromatic carbocycles. The fourth-order valence-corrected chi connectivity index (χ4v) is 7.44. The van der Waals surface area contributed by atoms with E-state index in [1.807, 2.05) is 12.1 Å². The van der Waals surface area contributed by atoms with Gasteiger partial charge in [0, 0.05) is 55.3 Å². The highest BCUT2D eigenvalue weighted by Gasteiger charge is 2.47. The number of carbonyl (C=O) groups is 2. The Kier molecular flexibility index (Phi) is 8.39. The Bertz CT molecular complexity index is 1020. The van der Waals surface area contributed by atoms with E-state index in [0.717, 1.165) is 69.6 Å². The van der Waals surface area contributed by atoms with Crippen LogP contribution in [0.3, 0.4) is 0 Å². The van der Waals surface area contributed by atoms with Crippen LogP contribution in [0, 0.1) is 11.3 Å². The third-order valence-corrected chi connectivity index (χ3v) is 10.2. The Morgan fingerprint density at radius 3 is 2.28 bits per heavy atom. The Balaban J connectivity index is 1.33. The highest BCUT2D eigenvalue weighted by molar-refractivity contribution is 6.30. The number of amides is 2. The molecule has 7 heteroatoms. The van der Waals surface area contributed by atoms with E-state index in [4.69, 9.17) is 16.3 Å². The van der Waals surface area contributed by atoms with Crippen LogP contribution in [0.5, 0.6) is 0 Å². The van der Waals surface area contributed by atoms with Crippen molar-refractivity contribution in [2.45, 2.75) is 109 Å². The molecule has 5 rings (SSSR count). The number of nitrogens with zero attached hydrogens (tertiary/aromatic N) is 3. The van der Waals surface area contributed by atoms with Crippen molar-refractivity contribution in [3.63, 3.8) is 0 Å². The first-order chi connectivity index (χ1) is 18.4. The third kappa shape index (κ3) is 6.33. The average molecular weight is 558 g/mol. The lowest BCUT2D eigenvalue weighted by Crippen LogP contribution is -2.53. The topological polar surface area (TPSA) is 53.1 Å². The van der Waals surface area contributed by atoms with Crippen LogP contribution in [0.4, 0.5) is 0 Å². The molecule has 4 atom stereocenters. The Labute approximate surface area is 240 Å². The monoisotopic (exact) mass is 557 g/mol. The average Bonchev–Trinajstić information content (AvgIpc) is 3.65. The Hall–Kier alpha value is -1.63. The summed E-state index contributed by atoms with van der Waals surface area (Å²) in [5, 5.41) is 0.719. The molecule has 0 radical (unpaired) electrons. The van der Waals surface area contributed by atoms with Crippen LogP contribution in [-0.4, -0.2) is 83.0 Å². The number of benzene rings is 1. The smallest absolute Gasteiger partial charge is 0.252 e. The predicted molar refractivity (Wildman–Crippen MR) is 156 cm³/mol. The van der Waals surface area contributed by atoms with Crippen molar-refractivity contribution in [2.24, 2.45) is 11.3 Å². The molecule has 4 aliphatic rings. The van der Waals surface area contributed by atoms with Gasteiger partial charge in [-0.2, -0.15) is 0 Å². The lowest BCUT2D eigenvalue weighted by atomic mass is 9.75. The molecule has 1 aliphatic carbocycles. The number of hydrogen-bond donors (Lipinski definition) is 0. The van der Waals surface area contributed by atoms with E-state index in [-0.39, 0.29) is 47.4 Å². The molecule has 0 N–H and O–H groups in total. The summed E-state index contributed by atoms with van der Waals surface area (Å²) in [6.07, 6.45) is 6.66. The molecule has 1 saturated carbocycles. The molecule has 3 aliphatic heterocycles. The van der Waals surface area contributed by atoms with Gasteiger partial charge in [-0.05, 0) is 88.8 Å². The van der Waals surface area contributed by atoms with Crippen LogP contribution in [0.2, 0.25) is 5.02 Å². The van der Waals surface area contributed by atoms with Gasteiger partial charge in [0.15, 0.2) is 0 Å². The summed E-state index contributed by atoms with van der Waals surface area (Å²) in [5.74, 6) is 0.439. The summed E-state index contributed by atoms with van der Waals surface area (Å²) in [6.45, 7) is 15.0. The molecule has 2 amide bonds. The minimum absolute atomic E-state index is 0.00743. The second-order valence-corrected chi connectivity index (χ2v) is 14.6. The minimum atomic E-state index is -0.311. The quantitative estimate of drug-likeness (QED) is 0.464. The third-order valence-electron chi connectivity index (χ3n) is 9.91. The summed E-state index contributed by atoms with van der Waals surface area (Å²) >= 11 is 6.19. The van der Waals surface area contributed by atoms with Gasteiger partial charge in [0.2, 0.25) is 5.91 Å². The van der Waals surface area contributed by atoms with E-state index in [9.17, 15) is 9.59 Å². The Morgan fingerprint density at radius 1 is 0.974 bits per heavy atom. The highest BCUT2D eigenvalue weighted by atomic mass is 35.5. The van der Waals surface area contributed by atoms with E-state index in [2.05, 4.69) is 61.5 Å². The van der Waals surface area contributed by atoms with Gasteiger partial charge in [-0.1, -0.05) is 37.6 Å². The first kappa shape index (κ1) is 28.9. The van der Waals surface area contributed by atoms with Crippen molar-refractivity contribution >= 4 is 23.4 Å². The van der Waals surface area contributed by atoms with Crippen LogP contribution < -0.4 is 0 Å². The van der Waals surface area contributed by atoms with Gasteiger partial charge >= 0.3 is 0 Å². The largest absolute Gasteiger partial charge is 0.368 e. The highest BCUT2D eigenvalue weighted by Crippen LogP contribution is 2.41. The number of hydrogen-bond acceptors (Lipinski definition) is 4. The molecule has 3 saturated heterocycles. The molecule has 0 aromatic heterocycles. The van der Waals surface area contributed by atoms with Crippen LogP contribution in [-0.2, 0) is 14.3 Å². The number of likely N-dealkylation sites (tertiary alicyclic amines) is 2. The number of rotatable bonds is 5. The molecule has 39 heavy (non-hydrogen) atoms. The van der Waals surface area contributed by atoms with Crippen LogP contribution >= 0.6 is 11.6 Å². The van der Waals surface area contributed by atoms with Gasteiger partial charge < -0.3 is 14.5 Å². The van der Waals surface area contributed by atoms with E-state index in [0.29, 0.717) is 18.6 Å². The second-order valence-electron chi connectivity index (χ2n) is 14.2. The maximum Gasteiger partial charge on any atom is 0.252 e. The van der Waals surface area contributed by atoms with Gasteiger partial charge in [0.05, 0.1) is 12.0 Å². The molecular formula is C32H48ClN3O3. The maximum absolute atomic E-state index is 14.2. The fraction of sp³-hybridized carbons (Fsp3) is 0.750. The number of halogens is 1. The van der Waals surface area contributed by atoms with Crippen LogP contribution in [0.15, 0.2) is 24.3 Å². The molecular weight excluding hydrogens is 510 g/mol. The molecule has 6 nitrogen and oxygen atoms in total. The molecule has 3 heterocycles. The molecule has 0 unspecified atom stereocenters. The van der Waals surface area contributed by atoms with E-state index < -0.39 is 0 Å². The van der Waals surface area contributed by atoms with Gasteiger partial charge in [0.25, 0.3) is 5.91 Å². The lowest BCUT2D eigenvalue weighted by Gasteiger charge is -2.43. The summed E-state index contributed by atoms with van der Waals surface area (Å²) < 4.78 is 5.87. The molecule has 1 aromatic rings. The summed E-state index contributed by atoms with van der Waals surface area (Å²) in [7, 11) is 0. The molecule has 0 bridgehead atoms. The SMILES string of the molecule is CC1(C)CCC(N(C(=O)[C@@H]2CCCO2)[C@H]2CCN(C(=O)[C@@H]3CN(C(C)(C)C)C[C@H]3c3ccc(Cl)cc3)C2)CC1. The molecule has 216 valence electrons.